The van der Waals surface area contributed by atoms with E-state index in [1.54, 1.807) is 0 Å². The maximum absolute atomic E-state index is 11.7. The SMILES string of the molecule is CCCOC(=O)c1cc(O)cc(C(=O)OCCC)c1. The summed E-state index contributed by atoms with van der Waals surface area (Å²) in [4.78, 5) is 23.3. The summed E-state index contributed by atoms with van der Waals surface area (Å²) in [6, 6.07) is 3.87. The molecule has 1 aromatic carbocycles. The predicted octanol–water partition coefficient (Wildman–Crippen LogP) is 2.53. The van der Waals surface area contributed by atoms with Crippen molar-refractivity contribution in [2.75, 3.05) is 13.2 Å². The first-order valence-electron chi connectivity index (χ1n) is 6.26. The van der Waals surface area contributed by atoms with Crippen molar-refractivity contribution in [1.82, 2.24) is 0 Å². The van der Waals surface area contributed by atoms with Crippen LogP contribution in [0.3, 0.4) is 0 Å². The number of phenols is 1. The first kappa shape index (κ1) is 15.0. The van der Waals surface area contributed by atoms with Gasteiger partial charge in [0.15, 0.2) is 0 Å². The number of carbonyl (C=O) groups is 2. The molecule has 0 saturated carbocycles. The lowest BCUT2D eigenvalue weighted by atomic mass is 10.1. The van der Waals surface area contributed by atoms with E-state index in [-0.39, 0.29) is 16.9 Å². The summed E-state index contributed by atoms with van der Waals surface area (Å²) in [5, 5.41) is 9.53. The highest BCUT2D eigenvalue weighted by atomic mass is 16.5. The standard InChI is InChI=1S/C14H18O5/c1-3-5-18-13(16)10-7-11(9-12(15)8-10)14(17)19-6-4-2/h7-9,15H,3-6H2,1-2H3. The molecule has 0 aliphatic heterocycles. The van der Waals surface area contributed by atoms with Crippen LogP contribution in [0.2, 0.25) is 0 Å². The van der Waals surface area contributed by atoms with E-state index in [1.807, 2.05) is 13.8 Å². The van der Waals surface area contributed by atoms with Gasteiger partial charge in [-0.1, -0.05) is 13.8 Å². The molecule has 0 amide bonds. The minimum atomic E-state index is -0.567. The van der Waals surface area contributed by atoms with E-state index in [1.165, 1.54) is 18.2 Å². The summed E-state index contributed by atoms with van der Waals surface area (Å²) in [6.07, 6.45) is 1.41. The van der Waals surface area contributed by atoms with Gasteiger partial charge in [-0.05, 0) is 31.0 Å². The molecular formula is C14H18O5. The molecule has 0 saturated heterocycles. The molecule has 0 unspecified atom stereocenters. The molecule has 5 heteroatoms. The Morgan fingerprint density at radius 2 is 1.37 bits per heavy atom. The molecular weight excluding hydrogens is 248 g/mol. The quantitative estimate of drug-likeness (QED) is 0.801. The van der Waals surface area contributed by atoms with E-state index >= 15 is 0 Å². The Bertz CT molecular complexity index is 415. The number of rotatable bonds is 6. The number of benzene rings is 1. The van der Waals surface area contributed by atoms with Gasteiger partial charge in [0, 0.05) is 0 Å². The smallest absolute Gasteiger partial charge is 0.338 e. The van der Waals surface area contributed by atoms with Crippen molar-refractivity contribution in [3.8, 4) is 5.75 Å². The second-order valence-electron chi connectivity index (χ2n) is 4.04. The molecule has 0 spiro atoms. The summed E-state index contributed by atoms with van der Waals surface area (Å²) in [5.74, 6) is -1.31. The van der Waals surface area contributed by atoms with Crippen LogP contribution in [0.5, 0.6) is 5.75 Å². The van der Waals surface area contributed by atoms with E-state index in [4.69, 9.17) is 9.47 Å². The van der Waals surface area contributed by atoms with Crippen molar-refractivity contribution in [2.24, 2.45) is 0 Å². The largest absolute Gasteiger partial charge is 0.508 e. The van der Waals surface area contributed by atoms with Gasteiger partial charge < -0.3 is 14.6 Å². The van der Waals surface area contributed by atoms with Crippen molar-refractivity contribution in [3.05, 3.63) is 29.3 Å². The molecule has 1 aromatic rings. The third kappa shape index (κ3) is 4.62. The Balaban J connectivity index is 2.87. The van der Waals surface area contributed by atoms with Gasteiger partial charge in [0.2, 0.25) is 0 Å². The normalized spacial score (nSPS) is 10.0. The third-order valence-corrected chi connectivity index (χ3v) is 2.26. The Morgan fingerprint density at radius 1 is 0.947 bits per heavy atom. The average Bonchev–Trinajstić information content (AvgIpc) is 2.41. The van der Waals surface area contributed by atoms with Gasteiger partial charge in [-0.3, -0.25) is 0 Å². The molecule has 1 N–H and O–H groups in total. The Hall–Kier alpha value is -2.04. The lowest BCUT2D eigenvalue weighted by Crippen LogP contribution is -2.10. The van der Waals surface area contributed by atoms with E-state index < -0.39 is 11.9 Å². The monoisotopic (exact) mass is 266 g/mol. The van der Waals surface area contributed by atoms with Crippen molar-refractivity contribution in [1.29, 1.82) is 0 Å². The van der Waals surface area contributed by atoms with Crippen LogP contribution in [-0.4, -0.2) is 30.3 Å². The fourth-order valence-corrected chi connectivity index (χ4v) is 1.40. The zero-order chi connectivity index (χ0) is 14.3. The minimum Gasteiger partial charge on any atom is -0.508 e. The van der Waals surface area contributed by atoms with Gasteiger partial charge in [-0.25, -0.2) is 9.59 Å². The first-order valence-corrected chi connectivity index (χ1v) is 6.26. The van der Waals surface area contributed by atoms with Crippen LogP contribution in [0.15, 0.2) is 18.2 Å². The van der Waals surface area contributed by atoms with E-state index in [0.29, 0.717) is 26.1 Å². The highest BCUT2D eigenvalue weighted by molar-refractivity contribution is 5.96. The van der Waals surface area contributed by atoms with Gasteiger partial charge in [-0.2, -0.15) is 0 Å². The summed E-state index contributed by atoms with van der Waals surface area (Å²) in [6.45, 7) is 4.35. The number of aromatic hydroxyl groups is 1. The summed E-state index contributed by atoms with van der Waals surface area (Å²) < 4.78 is 9.89. The second-order valence-corrected chi connectivity index (χ2v) is 4.04. The topological polar surface area (TPSA) is 72.8 Å². The van der Waals surface area contributed by atoms with Gasteiger partial charge in [0.1, 0.15) is 5.75 Å². The molecule has 0 radical (unpaired) electrons. The Morgan fingerprint density at radius 3 is 1.74 bits per heavy atom. The molecule has 0 fully saturated rings. The molecule has 104 valence electrons. The molecule has 1 rings (SSSR count). The van der Waals surface area contributed by atoms with Gasteiger partial charge >= 0.3 is 11.9 Å². The highest BCUT2D eigenvalue weighted by Gasteiger charge is 2.14. The van der Waals surface area contributed by atoms with Crippen molar-refractivity contribution >= 4 is 11.9 Å². The first-order chi connectivity index (χ1) is 9.08. The minimum absolute atomic E-state index is 0.136. The van der Waals surface area contributed by atoms with Crippen molar-refractivity contribution in [2.45, 2.75) is 26.7 Å². The van der Waals surface area contributed by atoms with E-state index in [9.17, 15) is 14.7 Å². The number of carbonyl (C=O) groups excluding carboxylic acids is 2. The second kappa shape index (κ2) is 7.41. The van der Waals surface area contributed by atoms with Crippen LogP contribution in [0, 0.1) is 0 Å². The molecule has 0 aliphatic rings. The average molecular weight is 266 g/mol. The molecule has 0 bridgehead atoms. The zero-order valence-corrected chi connectivity index (χ0v) is 11.1. The van der Waals surface area contributed by atoms with Crippen molar-refractivity contribution in [3.63, 3.8) is 0 Å². The number of hydrogen-bond donors (Lipinski definition) is 1. The van der Waals surface area contributed by atoms with Crippen LogP contribution in [0.1, 0.15) is 47.4 Å². The van der Waals surface area contributed by atoms with Crippen LogP contribution >= 0.6 is 0 Å². The summed E-state index contributed by atoms with van der Waals surface area (Å²) in [5.41, 5.74) is 0.272. The van der Waals surface area contributed by atoms with E-state index in [0.717, 1.165) is 0 Å². The highest BCUT2D eigenvalue weighted by Crippen LogP contribution is 2.17. The summed E-state index contributed by atoms with van der Waals surface area (Å²) in [7, 11) is 0. The molecule has 0 aromatic heterocycles. The van der Waals surface area contributed by atoms with E-state index in [2.05, 4.69) is 0 Å². The van der Waals surface area contributed by atoms with Crippen LogP contribution in [-0.2, 0) is 9.47 Å². The lowest BCUT2D eigenvalue weighted by molar-refractivity contribution is 0.0502. The van der Waals surface area contributed by atoms with Crippen molar-refractivity contribution < 1.29 is 24.2 Å². The third-order valence-electron chi connectivity index (χ3n) is 2.26. The van der Waals surface area contributed by atoms with Crippen LogP contribution in [0.4, 0.5) is 0 Å². The molecule has 5 nitrogen and oxygen atoms in total. The Kier molecular flexibility index (Phi) is 5.85. The fraction of sp³-hybridized carbons (Fsp3) is 0.429. The number of ether oxygens (including phenoxy) is 2. The number of hydrogen-bond acceptors (Lipinski definition) is 5. The number of phenolic OH excluding ortho intramolecular Hbond substituents is 1. The van der Waals surface area contributed by atoms with Gasteiger partial charge in [0.05, 0.1) is 24.3 Å². The maximum Gasteiger partial charge on any atom is 0.338 e. The lowest BCUT2D eigenvalue weighted by Gasteiger charge is -2.07. The van der Waals surface area contributed by atoms with Crippen LogP contribution in [0.25, 0.3) is 0 Å². The fourth-order valence-electron chi connectivity index (χ4n) is 1.40. The zero-order valence-electron chi connectivity index (χ0n) is 11.1. The van der Waals surface area contributed by atoms with Gasteiger partial charge in [-0.15, -0.1) is 0 Å². The number of esters is 2. The predicted molar refractivity (Wildman–Crippen MR) is 69.3 cm³/mol. The molecule has 19 heavy (non-hydrogen) atoms. The Labute approximate surface area is 112 Å². The van der Waals surface area contributed by atoms with Crippen LogP contribution < -0.4 is 0 Å². The van der Waals surface area contributed by atoms with Gasteiger partial charge in [0.25, 0.3) is 0 Å². The maximum atomic E-state index is 11.7. The molecule has 0 heterocycles. The summed E-state index contributed by atoms with van der Waals surface area (Å²) >= 11 is 0. The molecule has 0 atom stereocenters. The molecule has 0 aliphatic carbocycles.